The van der Waals surface area contributed by atoms with E-state index in [-0.39, 0.29) is 5.97 Å². The predicted octanol–water partition coefficient (Wildman–Crippen LogP) is 2.59. The molecule has 5 heteroatoms. The minimum absolute atomic E-state index is 0.350. The van der Waals surface area contributed by atoms with Gasteiger partial charge >= 0.3 is 5.97 Å². The molecule has 0 radical (unpaired) electrons. The third-order valence-corrected chi connectivity index (χ3v) is 3.14. The first-order valence-electron chi connectivity index (χ1n) is 4.04. The number of pyridine rings is 1. The number of halogens is 2. The zero-order chi connectivity index (χ0) is 10.6. The van der Waals surface area contributed by atoms with Gasteiger partial charge in [-0.15, -0.1) is 0 Å². The van der Waals surface area contributed by atoms with Gasteiger partial charge in [0.05, 0.1) is 6.61 Å². The number of aromatic nitrogens is 1. The Morgan fingerprint density at radius 3 is 2.57 bits per heavy atom. The molecule has 0 N–H and O–H groups in total. The summed E-state index contributed by atoms with van der Waals surface area (Å²) in [5.74, 6) is -0.369. The Morgan fingerprint density at radius 1 is 1.50 bits per heavy atom. The first-order valence-corrected chi connectivity index (χ1v) is 5.63. The van der Waals surface area contributed by atoms with Gasteiger partial charge in [0.2, 0.25) is 3.23 Å². The van der Waals surface area contributed by atoms with E-state index in [1.807, 2.05) is 0 Å². The van der Waals surface area contributed by atoms with Crippen LogP contribution in [0.15, 0.2) is 24.5 Å². The Kier molecular flexibility index (Phi) is 4.07. The van der Waals surface area contributed by atoms with Gasteiger partial charge in [-0.3, -0.25) is 4.98 Å². The summed E-state index contributed by atoms with van der Waals surface area (Å²) in [5.41, 5.74) is 0.756. The molecule has 0 atom stereocenters. The van der Waals surface area contributed by atoms with Crippen LogP contribution >= 0.6 is 31.9 Å². The van der Waals surface area contributed by atoms with Crippen molar-refractivity contribution in [2.24, 2.45) is 0 Å². The van der Waals surface area contributed by atoms with Crippen LogP contribution in [0.5, 0.6) is 0 Å². The van der Waals surface area contributed by atoms with Gasteiger partial charge in [-0.05, 0) is 24.6 Å². The molecule has 0 bridgehead atoms. The topological polar surface area (TPSA) is 39.2 Å². The Balaban J connectivity index is 2.90. The summed E-state index contributed by atoms with van der Waals surface area (Å²) >= 11 is 6.54. The molecule has 0 aromatic carbocycles. The van der Waals surface area contributed by atoms with E-state index in [4.69, 9.17) is 4.74 Å². The lowest BCUT2D eigenvalue weighted by molar-refractivity contribution is -0.143. The van der Waals surface area contributed by atoms with Gasteiger partial charge in [0.1, 0.15) is 0 Å². The zero-order valence-electron chi connectivity index (χ0n) is 7.54. The second-order valence-corrected chi connectivity index (χ2v) is 5.97. The Morgan fingerprint density at radius 2 is 2.07 bits per heavy atom. The molecular weight excluding hydrogens is 314 g/mol. The van der Waals surface area contributed by atoms with E-state index >= 15 is 0 Å². The predicted molar refractivity (Wildman–Crippen MR) is 60.4 cm³/mol. The number of hydrogen-bond donors (Lipinski definition) is 0. The van der Waals surface area contributed by atoms with Crippen molar-refractivity contribution in [1.29, 1.82) is 0 Å². The summed E-state index contributed by atoms with van der Waals surface area (Å²) in [6.45, 7) is 2.11. The molecule has 0 saturated heterocycles. The van der Waals surface area contributed by atoms with Crippen molar-refractivity contribution >= 4 is 37.8 Å². The van der Waals surface area contributed by atoms with Crippen LogP contribution in [-0.4, -0.2) is 17.6 Å². The first kappa shape index (κ1) is 11.7. The highest BCUT2D eigenvalue weighted by Gasteiger charge is 2.35. The fraction of sp³-hybridized carbons (Fsp3) is 0.333. The summed E-state index contributed by atoms with van der Waals surface area (Å²) in [6.07, 6.45) is 3.23. The van der Waals surface area contributed by atoms with Crippen LogP contribution in [-0.2, 0) is 12.8 Å². The number of ether oxygens (including phenoxy) is 1. The molecule has 0 aliphatic carbocycles. The molecule has 0 amide bonds. The van der Waals surface area contributed by atoms with E-state index in [0.29, 0.717) is 6.61 Å². The van der Waals surface area contributed by atoms with Gasteiger partial charge in [0.25, 0.3) is 0 Å². The van der Waals surface area contributed by atoms with Gasteiger partial charge in [-0.2, -0.15) is 0 Å². The van der Waals surface area contributed by atoms with Gasteiger partial charge < -0.3 is 4.74 Å². The molecule has 1 aromatic rings. The molecule has 0 saturated carbocycles. The highest BCUT2D eigenvalue weighted by molar-refractivity contribution is 9.25. The Bertz CT molecular complexity index is 314. The van der Waals surface area contributed by atoms with Gasteiger partial charge in [-0.1, -0.05) is 31.9 Å². The molecule has 1 aromatic heterocycles. The van der Waals surface area contributed by atoms with Crippen LogP contribution in [0.1, 0.15) is 12.5 Å². The highest BCUT2D eigenvalue weighted by Crippen LogP contribution is 2.38. The van der Waals surface area contributed by atoms with Crippen molar-refractivity contribution in [3.05, 3.63) is 30.1 Å². The third kappa shape index (κ3) is 2.54. The lowest BCUT2D eigenvalue weighted by Gasteiger charge is -2.18. The van der Waals surface area contributed by atoms with Crippen LogP contribution in [0.3, 0.4) is 0 Å². The lowest BCUT2D eigenvalue weighted by atomic mass is 10.2. The maximum atomic E-state index is 11.5. The maximum absolute atomic E-state index is 11.5. The number of carbonyl (C=O) groups excluding carboxylic acids is 1. The number of alkyl halides is 2. The Labute approximate surface area is 99.1 Å². The van der Waals surface area contributed by atoms with Crippen molar-refractivity contribution in [2.45, 2.75) is 10.2 Å². The number of hydrogen-bond acceptors (Lipinski definition) is 3. The summed E-state index contributed by atoms with van der Waals surface area (Å²) in [4.78, 5) is 15.4. The van der Waals surface area contributed by atoms with Crippen LogP contribution < -0.4 is 0 Å². The first-order chi connectivity index (χ1) is 6.59. The number of nitrogens with zero attached hydrogens (tertiary/aromatic N) is 1. The molecule has 14 heavy (non-hydrogen) atoms. The van der Waals surface area contributed by atoms with E-state index in [2.05, 4.69) is 36.8 Å². The minimum atomic E-state index is -0.973. The molecule has 0 spiro atoms. The fourth-order valence-electron chi connectivity index (χ4n) is 0.901. The number of carbonyl (C=O) groups is 1. The average Bonchev–Trinajstić information content (AvgIpc) is 2.19. The second-order valence-electron chi connectivity index (χ2n) is 2.53. The van der Waals surface area contributed by atoms with Crippen LogP contribution in [0.4, 0.5) is 0 Å². The van der Waals surface area contributed by atoms with E-state index in [1.54, 1.807) is 31.5 Å². The summed E-state index contributed by atoms with van der Waals surface area (Å²) in [5, 5.41) is 0. The maximum Gasteiger partial charge on any atom is 0.338 e. The standard InChI is InChI=1S/C9H9Br2NO2/c1-2-14-8(13)9(10,11)7-3-5-12-6-4-7/h3-6H,2H2,1H3. The van der Waals surface area contributed by atoms with Crippen LogP contribution in [0.2, 0.25) is 0 Å². The van der Waals surface area contributed by atoms with Gasteiger partial charge in [0.15, 0.2) is 0 Å². The largest absolute Gasteiger partial charge is 0.464 e. The van der Waals surface area contributed by atoms with Gasteiger partial charge in [-0.25, -0.2) is 4.79 Å². The van der Waals surface area contributed by atoms with Gasteiger partial charge in [0, 0.05) is 12.4 Å². The smallest absolute Gasteiger partial charge is 0.338 e. The third-order valence-electron chi connectivity index (χ3n) is 1.57. The monoisotopic (exact) mass is 321 g/mol. The molecule has 0 aliphatic rings. The van der Waals surface area contributed by atoms with Crippen molar-refractivity contribution in [2.75, 3.05) is 6.61 Å². The summed E-state index contributed by atoms with van der Waals surface area (Å²) in [7, 11) is 0. The van der Waals surface area contributed by atoms with Crippen LogP contribution in [0.25, 0.3) is 0 Å². The second kappa shape index (κ2) is 4.89. The Hall–Kier alpha value is -0.420. The molecule has 76 valence electrons. The molecule has 0 fully saturated rings. The molecule has 0 aliphatic heterocycles. The minimum Gasteiger partial charge on any atom is -0.464 e. The normalized spacial score (nSPS) is 11.1. The van der Waals surface area contributed by atoms with Crippen molar-refractivity contribution in [3.8, 4) is 0 Å². The van der Waals surface area contributed by atoms with Crippen molar-refractivity contribution < 1.29 is 9.53 Å². The quantitative estimate of drug-likeness (QED) is 0.634. The van der Waals surface area contributed by atoms with Crippen molar-refractivity contribution in [3.63, 3.8) is 0 Å². The molecule has 3 nitrogen and oxygen atoms in total. The highest BCUT2D eigenvalue weighted by atomic mass is 79.9. The summed E-state index contributed by atoms with van der Waals surface area (Å²) in [6, 6.07) is 3.47. The number of rotatable bonds is 3. The van der Waals surface area contributed by atoms with E-state index in [1.165, 1.54) is 0 Å². The molecular formula is C9H9Br2NO2. The van der Waals surface area contributed by atoms with Crippen molar-refractivity contribution in [1.82, 2.24) is 4.98 Å². The average molecular weight is 323 g/mol. The van der Waals surface area contributed by atoms with E-state index < -0.39 is 3.23 Å². The lowest BCUT2D eigenvalue weighted by Crippen LogP contribution is -2.24. The molecule has 1 heterocycles. The fourth-order valence-corrected chi connectivity index (χ4v) is 1.66. The van der Waals surface area contributed by atoms with E-state index in [0.717, 1.165) is 5.56 Å². The SMILES string of the molecule is CCOC(=O)C(Br)(Br)c1ccncc1. The molecule has 0 unspecified atom stereocenters. The van der Waals surface area contributed by atoms with E-state index in [9.17, 15) is 4.79 Å². The zero-order valence-corrected chi connectivity index (χ0v) is 10.7. The summed E-state index contributed by atoms with van der Waals surface area (Å²) < 4.78 is 3.93. The number of esters is 1. The van der Waals surface area contributed by atoms with Crippen LogP contribution in [0, 0.1) is 0 Å². The molecule has 1 rings (SSSR count).